The van der Waals surface area contributed by atoms with Crippen LogP contribution >= 0.6 is 0 Å². The predicted molar refractivity (Wildman–Crippen MR) is 92.7 cm³/mol. The molecule has 0 aliphatic heterocycles. The molecule has 0 unspecified atom stereocenters. The summed E-state index contributed by atoms with van der Waals surface area (Å²) >= 11 is 0. The molecule has 0 saturated carbocycles. The van der Waals surface area contributed by atoms with Crippen LogP contribution in [0.2, 0.25) is 0 Å². The topological polar surface area (TPSA) is 60.0 Å². The Morgan fingerprint density at radius 1 is 1.08 bits per heavy atom. The molecule has 4 aromatic rings. The van der Waals surface area contributed by atoms with E-state index in [4.69, 9.17) is 8.83 Å². The maximum atomic E-state index is 11.9. The van der Waals surface area contributed by atoms with E-state index >= 15 is 0 Å². The number of rotatable bonds is 4. The van der Waals surface area contributed by atoms with Crippen molar-refractivity contribution in [3.8, 4) is 0 Å². The van der Waals surface area contributed by atoms with Crippen molar-refractivity contribution in [2.75, 3.05) is 0 Å². The van der Waals surface area contributed by atoms with Crippen LogP contribution in [0.5, 0.6) is 0 Å². The minimum absolute atomic E-state index is 0.178. The minimum Gasteiger partial charge on any atom is -0.463 e. The molecule has 2 N–H and O–H groups in total. The standard InChI is InChI=1S/C20H17NO3/c1-13(17-7-4-10-23-17)21-12-15-11-19(22)24-18-9-8-14-5-2-3-6-16(14)20(15)18/h2-11,13,21H,12H2,1H3/p+1/t13-/m0/s1. The van der Waals surface area contributed by atoms with Gasteiger partial charge in [-0.2, -0.15) is 0 Å². The first-order chi connectivity index (χ1) is 11.7. The van der Waals surface area contributed by atoms with Crippen LogP contribution in [-0.4, -0.2) is 0 Å². The lowest BCUT2D eigenvalue weighted by Gasteiger charge is -2.11. The molecule has 4 nitrogen and oxygen atoms in total. The Morgan fingerprint density at radius 2 is 1.96 bits per heavy atom. The lowest BCUT2D eigenvalue weighted by atomic mass is 10.0. The average Bonchev–Trinajstić information content (AvgIpc) is 3.13. The summed E-state index contributed by atoms with van der Waals surface area (Å²) in [6, 6.07) is 17.6. The van der Waals surface area contributed by atoms with Gasteiger partial charge in [0.1, 0.15) is 18.2 Å². The van der Waals surface area contributed by atoms with Gasteiger partial charge in [0.25, 0.3) is 0 Å². The van der Waals surface area contributed by atoms with E-state index in [1.165, 1.54) is 0 Å². The van der Waals surface area contributed by atoms with Crippen LogP contribution in [0, 0.1) is 0 Å². The molecule has 2 aromatic heterocycles. The van der Waals surface area contributed by atoms with Crippen LogP contribution in [0.1, 0.15) is 24.3 Å². The molecule has 0 radical (unpaired) electrons. The Morgan fingerprint density at radius 3 is 2.79 bits per heavy atom. The number of quaternary nitrogens is 1. The third-order valence-corrected chi connectivity index (χ3v) is 4.40. The van der Waals surface area contributed by atoms with Crippen molar-refractivity contribution in [3.63, 3.8) is 0 Å². The molecular weight excluding hydrogens is 302 g/mol. The van der Waals surface area contributed by atoms with E-state index in [1.807, 2.05) is 36.4 Å². The Labute approximate surface area is 138 Å². The van der Waals surface area contributed by atoms with Crippen molar-refractivity contribution >= 4 is 21.7 Å². The van der Waals surface area contributed by atoms with E-state index < -0.39 is 0 Å². The van der Waals surface area contributed by atoms with E-state index in [1.54, 1.807) is 12.3 Å². The maximum absolute atomic E-state index is 11.9. The molecule has 0 aliphatic rings. The largest absolute Gasteiger partial charge is 0.463 e. The molecule has 2 aromatic carbocycles. The SMILES string of the molecule is C[C@H]([NH2+]Cc1cc(=O)oc2ccc3ccccc3c12)c1ccco1. The summed E-state index contributed by atoms with van der Waals surface area (Å²) < 4.78 is 10.9. The molecule has 2 heterocycles. The molecule has 1 atom stereocenters. The summed E-state index contributed by atoms with van der Waals surface area (Å²) in [5, 5.41) is 5.41. The van der Waals surface area contributed by atoms with Gasteiger partial charge < -0.3 is 14.2 Å². The van der Waals surface area contributed by atoms with E-state index in [0.29, 0.717) is 12.1 Å². The fourth-order valence-corrected chi connectivity index (χ4v) is 3.15. The molecule has 4 heteroatoms. The zero-order valence-electron chi connectivity index (χ0n) is 13.4. The Bertz CT molecular complexity index is 1050. The first kappa shape index (κ1) is 14.7. The van der Waals surface area contributed by atoms with Crippen molar-refractivity contribution in [3.05, 3.63) is 82.6 Å². The molecule has 0 aliphatic carbocycles. The number of fused-ring (bicyclic) bond motifs is 3. The summed E-state index contributed by atoms with van der Waals surface area (Å²) in [5.41, 5.74) is 1.30. The van der Waals surface area contributed by atoms with Crippen molar-refractivity contribution < 1.29 is 14.2 Å². The fourth-order valence-electron chi connectivity index (χ4n) is 3.15. The van der Waals surface area contributed by atoms with Crippen LogP contribution in [0.4, 0.5) is 0 Å². The molecule has 0 amide bonds. The first-order valence-corrected chi connectivity index (χ1v) is 8.03. The van der Waals surface area contributed by atoms with Gasteiger partial charge in [-0.25, -0.2) is 4.79 Å². The van der Waals surface area contributed by atoms with Gasteiger partial charge in [-0.1, -0.05) is 30.3 Å². The van der Waals surface area contributed by atoms with Gasteiger partial charge in [0, 0.05) is 17.0 Å². The highest BCUT2D eigenvalue weighted by molar-refractivity contribution is 6.06. The Balaban J connectivity index is 1.79. The van der Waals surface area contributed by atoms with Crippen molar-refractivity contribution in [2.45, 2.75) is 19.5 Å². The van der Waals surface area contributed by atoms with Crippen LogP contribution < -0.4 is 10.9 Å². The highest BCUT2D eigenvalue weighted by Crippen LogP contribution is 2.27. The van der Waals surface area contributed by atoms with Crippen LogP contribution in [0.3, 0.4) is 0 Å². The van der Waals surface area contributed by atoms with Gasteiger partial charge >= 0.3 is 5.63 Å². The van der Waals surface area contributed by atoms with E-state index in [0.717, 1.165) is 27.5 Å². The molecule has 0 saturated heterocycles. The minimum atomic E-state index is -0.313. The summed E-state index contributed by atoms with van der Waals surface area (Å²) in [5.74, 6) is 0.923. The van der Waals surface area contributed by atoms with Gasteiger partial charge in [0.2, 0.25) is 0 Å². The van der Waals surface area contributed by atoms with Crippen molar-refractivity contribution in [1.82, 2.24) is 0 Å². The lowest BCUT2D eigenvalue weighted by Crippen LogP contribution is -2.83. The summed E-state index contributed by atoms with van der Waals surface area (Å²) in [4.78, 5) is 11.9. The van der Waals surface area contributed by atoms with E-state index in [9.17, 15) is 4.79 Å². The second-order valence-electron chi connectivity index (χ2n) is 5.99. The zero-order valence-corrected chi connectivity index (χ0v) is 13.4. The van der Waals surface area contributed by atoms with Crippen LogP contribution in [0.15, 0.2) is 74.5 Å². The fraction of sp³-hybridized carbons (Fsp3) is 0.150. The Hall–Kier alpha value is -2.85. The summed E-state index contributed by atoms with van der Waals surface area (Å²) in [6.07, 6.45) is 1.68. The zero-order chi connectivity index (χ0) is 16.5. The predicted octanol–water partition coefficient (Wildman–Crippen LogP) is 3.36. The molecular formula is C20H18NO3+. The highest BCUT2D eigenvalue weighted by atomic mass is 16.4. The summed E-state index contributed by atoms with van der Waals surface area (Å²) in [6.45, 7) is 2.77. The molecule has 120 valence electrons. The number of nitrogens with two attached hydrogens (primary N) is 1. The average molecular weight is 320 g/mol. The number of furan rings is 1. The normalized spacial score (nSPS) is 12.7. The molecule has 24 heavy (non-hydrogen) atoms. The van der Waals surface area contributed by atoms with Gasteiger partial charge in [0.05, 0.1) is 6.26 Å². The molecule has 0 spiro atoms. The lowest BCUT2D eigenvalue weighted by molar-refractivity contribution is -0.709. The van der Waals surface area contributed by atoms with Gasteiger partial charge in [0.15, 0.2) is 5.76 Å². The molecule has 0 fully saturated rings. The number of benzene rings is 2. The Kier molecular flexibility index (Phi) is 3.67. The first-order valence-electron chi connectivity index (χ1n) is 8.03. The highest BCUT2D eigenvalue weighted by Gasteiger charge is 2.15. The van der Waals surface area contributed by atoms with Crippen molar-refractivity contribution in [1.29, 1.82) is 0 Å². The number of hydrogen-bond acceptors (Lipinski definition) is 3. The van der Waals surface area contributed by atoms with E-state index in [2.05, 4.69) is 24.4 Å². The molecule has 0 bridgehead atoms. The molecule has 4 rings (SSSR count). The van der Waals surface area contributed by atoms with E-state index in [-0.39, 0.29) is 11.7 Å². The quantitative estimate of drug-likeness (QED) is 0.463. The van der Waals surface area contributed by atoms with Gasteiger partial charge in [-0.05, 0) is 35.9 Å². The smallest absolute Gasteiger partial charge is 0.336 e. The monoisotopic (exact) mass is 320 g/mol. The summed E-state index contributed by atoms with van der Waals surface area (Å²) in [7, 11) is 0. The third kappa shape index (κ3) is 2.61. The van der Waals surface area contributed by atoms with Crippen LogP contribution in [-0.2, 0) is 6.54 Å². The second kappa shape index (κ2) is 5.98. The van der Waals surface area contributed by atoms with Gasteiger partial charge in [-0.3, -0.25) is 0 Å². The van der Waals surface area contributed by atoms with Crippen molar-refractivity contribution in [2.24, 2.45) is 0 Å². The van der Waals surface area contributed by atoms with Crippen LogP contribution in [0.25, 0.3) is 21.7 Å². The number of hydrogen-bond donors (Lipinski definition) is 1. The third-order valence-electron chi connectivity index (χ3n) is 4.40. The second-order valence-corrected chi connectivity index (χ2v) is 5.99. The van der Waals surface area contributed by atoms with Gasteiger partial charge in [-0.15, -0.1) is 0 Å². The maximum Gasteiger partial charge on any atom is 0.336 e.